The topological polar surface area (TPSA) is 51.2 Å². The predicted molar refractivity (Wildman–Crippen MR) is 69.9 cm³/mol. The van der Waals surface area contributed by atoms with Crippen LogP contribution in [0.4, 0.5) is 10.1 Å². The molecule has 0 atom stereocenters. The van der Waals surface area contributed by atoms with Gasteiger partial charge in [0.2, 0.25) is 5.88 Å². The average molecular weight is 260 g/mol. The zero-order valence-corrected chi connectivity index (χ0v) is 10.6. The Morgan fingerprint density at radius 1 is 1.32 bits per heavy atom. The number of aromatic nitrogens is 1. The fraction of sp³-hybridized carbons (Fsp3) is 0.143. The summed E-state index contributed by atoms with van der Waals surface area (Å²) in [6, 6.07) is 7.54. The zero-order chi connectivity index (χ0) is 13.8. The maximum atomic E-state index is 13.1. The number of methoxy groups -OCH3 is 1. The molecule has 0 aliphatic heterocycles. The van der Waals surface area contributed by atoms with E-state index in [2.05, 4.69) is 10.3 Å². The lowest BCUT2D eigenvalue weighted by atomic mass is 10.1. The molecular formula is C14H13FN2O2. The molecule has 0 saturated heterocycles. The maximum absolute atomic E-state index is 13.1. The van der Waals surface area contributed by atoms with Gasteiger partial charge in [-0.2, -0.15) is 0 Å². The van der Waals surface area contributed by atoms with E-state index in [9.17, 15) is 9.18 Å². The second-order valence-electron chi connectivity index (χ2n) is 4.01. The molecule has 5 heteroatoms. The molecule has 0 aliphatic carbocycles. The summed E-state index contributed by atoms with van der Waals surface area (Å²) in [5.74, 6) is -0.173. The Morgan fingerprint density at radius 2 is 2.11 bits per heavy atom. The quantitative estimate of drug-likeness (QED) is 0.923. The monoisotopic (exact) mass is 260 g/mol. The molecule has 0 fully saturated rings. The third kappa shape index (κ3) is 3.07. The van der Waals surface area contributed by atoms with Crippen molar-refractivity contribution in [2.45, 2.75) is 6.92 Å². The summed E-state index contributed by atoms with van der Waals surface area (Å²) in [6.45, 7) is 1.61. The first-order chi connectivity index (χ1) is 9.10. The van der Waals surface area contributed by atoms with Crippen molar-refractivity contribution >= 4 is 11.6 Å². The summed E-state index contributed by atoms with van der Waals surface area (Å²) >= 11 is 0. The Bertz CT molecular complexity index is 597. The number of carbonyl (C=O) groups excluding carboxylic acids is 1. The largest absolute Gasteiger partial charge is 0.481 e. The standard InChI is InChI=1S/C14H13FN2O2/c1-9-7-10(3-5-12(9)15)14(18)17-11-4-6-13(19-2)16-8-11/h3-8H,1-2H3,(H,17,18). The minimum Gasteiger partial charge on any atom is -0.481 e. The number of nitrogens with zero attached hydrogens (tertiary/aromatic N) is 1. The van der Waals surface area contributed by atoms with Gasteiger partial charge in [0.05, 0.1) is 19.0 Å². The molecule has 0 saturated carbocycles. The van der Waals surface area contributed by atoms with Gasteiger partial charge in [0, 0.05) is 11.6 Å². The highest BCUT2D eigenvalue weighted by Gasteiger charge is 2.08. The third-order valence-electron chi connectivity index (χ3n) is 2.62. The first-order valence-corrected chi connectivity index (χ1v) is 5.67. The first kappa shape index (κ1) is 13.0. The van der Waals surface area contributed by atoms with Crippen LogP contribution in [0.3, 0.4) is 0 Å². The number of pyridine rings is 1. The number of carbonyl (C=O) groups is 1. The van der Waals surface area contributed by atoms with Gasteiger partial charge in [-0.25, -0.2) is 9.37 Å². The van der Waals surface area contributed by atoms with Crippen LogP contribution in [0.1, 0.15) is 15.9 Å². The van der Waals surface area contributed by atoms with Gasteiger partial charge in [0.15, 0.2) is 0 Å². The molecule has 0 spiro atoms. The van der Waals surface area contributed by atoms with E-state index < -0.39 is 0 Å². The fourth-order valence-corrected chi connectivity index (χ4v) is 1.56. The van der Waals surface area contributed by atoms with Gasteiger partial charge in [0.25, 0.3) is 5.91 Å². The van der Waals surface area contributed by atoms with Crippen molar-refractivity contribution in [1.29, 1.82) is 0 Å². The first-order valence-electron chi connectivity index (χ1n) is 5.67. The fourth-order valence-electron chi connectivity index (χ4n) is 1.56. The van der Waals surface area contributed by atoms with E-state index in [4.69, 9.17) is 4.74 Å². The second kappa shape index (κ2) is 5.48. The number of ether oxygens (including phenoxy) is 1. The van der Waals surface area contributed by atoms with Gasteiger partial charge < -0.3 is 10.1 Å². The van der Waals surface area contributed by atoms with Gasteiger partial charge in [0.1, 0.15) is 5.82 Å². The molecule has 4 nitrogen and oxygen atoms in total. The van der Waals surface area contributed by atoms with E-state index in [1.165, 1.54) is 31.5 Å². The van der Waals surface area contributed by atoms with Crippen LogP contribution >= 0.6 is 0 Å². The van der Waals surface area contributed by atoms with Crippen LogP contribution in [-0.2, 0) is 0 Å². The summed E-state index contributed by atoms with van der Waals surface area (Å²) in [5.41, 5.74) is 1.38. The van der Waals surface area contributed by atoms with Crippen molar-refractivity contribution in [2.75, 3.05) is 12.4 Å². The molecule has 1 amide bonds. The number of rotatable bonds is 3. The lowest BCUT2D eigenvalue weighted by Gasteiger charge is -2.06. The number of aryl methyl sites for hydroxylation is 1. The Morgan fingerprint density at radius 3 is 2.68 bits per heavy atom. The summed E-state index contributed by atoms with van der Waals surface area (Å²) in [4.78, 5) is 15.9. The Labute approximate surface area is 110 Å². The zero-order valence-electron chi connectivity index (χ0n) is 10.6. The van der Waals surface area contributed by atoms with Gasteiger partial charge >= 0.3 is 0 Å². The normalized spacial score (nSPS) is 10.1. The number of nitrogens with one attached hydrogen (secondary N) is 1. The number of amides is 1. The highest BCUT2D eigenvalue weighted by molar-refractivity contribution is 6.04. The van der Waals surface area contributed by atoms with Crippen LogP contribution in [0.15, 0.2) is 36.5 Å². The summed E-state index contributed by atoms with van der Waals surface area (Å²) in [5, 5.41) is 2.68. The highest BCUT2D eigenvalue weighted by atomic mass is 19.1. The lowest BCUT2D eigenvalue weighted by molar-refractivity contribution is 0.102. The number of anilines is 1. The molecule has 0 bridgehead atoms. The molecule has 19 heavy (non-hydrogen) atoms. The minimum absolute atomic E-state index is 0.310. The number of benzene rings is 1. The molecule has 1 heterocycles. The summed E-state index contributed by atoms with van der Waals surface area (Å²) in [6.07, 6.45) is 1.49. The molecule has 1 N–H and O–H groups in total. The molecule has 1 aromatic carbocycles. The van der Waals surface area contributed by atoms with Crippen molar-refractivity contribution in [3.63, 3.8) is 0 Å². The van der Waals surface area contributed by atoms with Gasteiger partial charge in [-0.1, -0.05) is 0 Å². The van der Waals surface area contributed by atoms with E-state index in [0.717, 1.165) is 0 Å². The van der Waals surface area contributed by atoms with E-state index in [1.54, 1.807) is 19.1 Å². The van der Waals surface area contributed by atoms with E-state index in [0.29, 0.717) is 22.7 Å². The van der Waals surface area contributed by atoms with Crippen LogP contribution < -0.4 is 10.1 Å². The van der Waals surface area contributed by atoms with Crippen LogP contribution in [0.5, 0.6) is 5.88 Å². The van der Waals surface area contributed by atoms with Gasteiger partial charge in [-0.3, -0.25) is 4.79 Å². The van der Waals surface area contributed by atoms with Crippen LogP contribution in [0.2, 0.25) is 0 Å². The predicted octanol–water partition coefficient (Wildman–Crippen LogP) is 2.79. The Hall–Kier alpha value is -2.43. The molecule has 0 unspecified atom stereocenters. The Kier molecular flexibility index (Phi) is 3.75. The minimum atomic E-state index is -0.331. The molecule has 1 aromatic heterocycles. The van der Waals surface area contributed by atoms with E-state index in [1.807, 2.05) is 0 Å². The molecule has 98 valence electrons. The maximum Gasteiger partial charge on any atom is 0.255 e. The second-order valence-corrected chi connectivity index (χ2v) is 4.01. The average Bonchev–Trinajstić information content (AvgIpc) is 2.42. The van der Waals surface area contributed by atoms with Crippen LogP contribution in [0.25, 0.3) is 0 Å². The van der Waals surface area contributed by atoms with Crippen molar-refractivity contribution < 1.29 is 13.9 Å². The number of hydrogen-bond acceptors (Lipinski definition) is 3. The summed E-state index contributed by atoms with van der Waals surface area (Å²) in [7, 11) is 1.52. The van der Waals surface area contributed by atoms with Crippen molar-refractivity contribution in [2.24, 2.45) is 0 Å². The SMILES string of the molecule is COc1ccc(NC(=O)c2ccc(F)c(C)c2)cn1. The molecular weight excluding hydrogens is 247 g/mol. The molecule has 2 aromatic rings. The third-order valence-corrected chi connectivity index (χ3v) is 2.62. The van der Waals surface area contributed by atoms with Crippen molar-refractivity contribution in [3.05, 3.63) is 53.5 Å². The highest BCUT2D eigenvalue weighted by Crippen LogP contribution is 2.14. The van der Waals surface area contributed by atoms with E-state index in [-0.39, 0.29) is 11.7 Å². The molecule has 0 aliphatic rings. The van der Waals surface area contributed by atoms with Gasteiger partial charge in [-0.05, 0) is 36.8 Å². The number of halogens is 1. The van der Waals surface area contributed by atoms with Gasteiger partial charge in [-0.15, -0.1) is 0 Å². The molecule has 0 radical (unpaired) electrons. The van der Waals surface area contributed by atoms with Crippen LogP contribution in [-0.4, -0.2) is 18.0 Å². The number of hydrogen-bond donors (Lipinski definition) is 1. The van der Waals surface area contributed by atoms with Crippen LogP contribution in [0, 0.1) is 12.7 Å². The van der Waals surface area contributed by atoms with E-state index >= 15 is 0 Å². The Balaban J connectivity index is 2.13. The van der Waals surface area contributed by atoms with Crippen molar-refractivity contribution in [1.82, 2.24) is 4.98 Å². The lowest BCUT2D eigenvalue weighted by Crippen LogP contribution is -2.12. The summed E-state index contributed by atoms with van der Waals surface area (Å²) < 4.78 is 18.0. The molecule has 2 rings (SSSR count). The smallest absolute Gasteiger partial charge is 0.255 e. The van der Waals surface area contributed by atoms with Crippen molar-refractivity contribution in [3.8, 4) is 5.88 Å².